The molecule has 1 aliphatic rings. The van der Waals surface area contributed by atoms with Gasteiger partial charge in [0, 0.05) is 10.9 Å². The second kappa shape index (κ2) is 22.6. The van der Waals surface area contributed by atoms with Gasteiger partial charge in [0.25, 0.3) is 41.4 Å². The molecule has 0 spiro atoms. The number of aliphatic hydroxyl groups excluding tert-OH is 1. The summed E-state index contributed by atoms with van der Waals surface area (Å²) in [5, 5.41) is 41.7. The molecule has 28 nitrogen and oxygen atoms in total. The first-order valence-corrected chi connectivity index (χ1v) is 23.1. The Morgan fingerprint density at radius 1 is 0.740 bits per heavy atom. The Bertz CT molecular complexity index is 3420. The SMILES string of the molecule is C=C(NC(=O)c1ccc2c(n1)-c1coc(n1)C(=C)NC(=O)C(=C)NC(=O)c1nc(oc1C)C(=C)NC(=O)[C@H](C(C)(C)O)NC(=O)C(=C)NC(=O)c1nc(oc1C)/C(=C/C)NC(=O)[C@H]([C@@H](C)O)NC(=O)c1csc-2n1)C(N)=O. The lowest BCUT2D eigenvalue weighted by Gasteiger charge is -2.29. The topological polar surface area (TPSA) is 420 Å². The van der Waals surface area contributed by atoms with Gasteiger partial charge >= 0.3 is 0 Å². The number of primary amides is 1. The highest BCUT2D eigenvalue weighted by molar-refractivity contribution is 7.13. The molecule has 12 N–H and O–H groups in total. The molecule has 0 saturated heterocycles. The van der Waals surface area contributed by atoms with Crippen molar-refractivity contribution >= 4 is 81.6 Å². The summed E-state index contributed by atoms with van der Waals surface area (Å²) in [7, 11) is 0. The standard InChI is InChI=1S/C48H48N14O14S/c1-12-26-46-61-32(24(9)76-46)42(71)52-19(4)37(66)62-34(48(10,11)73)43(72)54-21(6)45-60-31(23(8)75-45)41(70)51-18(3)36(65)53-20(5)44-57-28(15-74-44)33-25(13-14-27(55-33)38(67)50-17(2)35(49)64)47-58-29(16-77-47)39(68)59-30(22(7)63)40(69)56-26/h12-16,22,30,34,63,73H,2-6H2,1,7-11H3,(H2,49,64)(H,50,67)(H,51,70)(H,52,71)(H,53,65)(H,54,72)(H,56,69)(H,59,68)(H,62,66)/b26-12-/t22-,30+,34-/m1/s1. The van der Waals surface area contributed by atoms with E-state index in [1.54, 1.807) is 0 Å². The number of carbonyl (C=O) groups excluding carboxylic acids is 9. The van der Waals surface area contributed by atoms with Crippen LogP contribution in [0.1, 0.15) is 98.8 Å². The summed E-state index contributed by atoms with van der Waals surface area (Å²) in [5.74, 6) is -10.4. The van der Waals surface area contributed by atoms with Crippen LogP contribution in [0.4, 0.5) is 0 Å². The lowest BCUT2D eigenvalue weighted by Crippen LogP contribution is -2.58. The summed E-state index contributed by atoms with van der Waals surface area (Å²) in [4.78, 5) is 141. The van der Waals surface area contributed by atoms with Crippen molar-refractivity contribution in [3.8, 4) is 22.0 Å². The van der Waals surface area contributed by atoms with Gasteiger partial charge in [-0.2, -0.15) is 0 Å². The Balaban J connectivity index is 1.37. The number of aromatic nitrogens is 5. The maximum atomic E-state index is 13.7. The number of nitrogens with two attached hydrogens (primary N) is 1. The molecular weight excluding hydrogens is 1030 g/mol. The molecule has 0 saturated carbocycles. The molecule has 0 unspecified atom stereocenters. The molecule has 0 aromatic carbocycles. The molecule has 6 rings (SSSR count). The number of oxazole rings is 3. The molecule has 6 heterocycles. The number of aryl methyl sites for hydroxylation is 2. The Kier molecular flexibility index (Phi) is 16.5. The highest BCUT2D eigenvalue weighted by atomic mass is 32.1. The van der Waals surface area contributed by atoms with E-state index in [1.807, 2.05) is 0 Å². The summed E-state index contributed by atoms with van der Waals surface area (Å²) < 4.78 is 16.8. The fourth-order valence-electron chi connectivity index (χ4n) is 6.60. The fraction of sp³-hybridized carbons (Fsp3) is 0.208. The number of thiazole rings is 1. The molecular formula is C48H48N14O14S. The number of fused-ring (bicyclic) bond motifs is 11. The van der Waals surface area contributed by atoms with Crippen molar-refractivity contribution < 1.29 is 66.6 Å². The number of aliphatic hydroxyl groups is 2. The third-order valence-corrected chi connectivity index (χ3v) is 11.5. The quantitative estimate of drug-likeness (QED) is 0.107. The second-order valence-corrected chi connectivity index (χ2v) is 17.9. The molecule has 29 heteroatoms. The maximum Gasteiger partial charge on any atom is 0.278 e. The number of hydrogen-bond acceptors (Lipinski definition) is 20. The number of amides is 9. The van der Waals surface area contributed by atoms with E-state index in [2.05, 4.69) is 100 Å². The Hall–Kier alpha value is -10.00. The summed E-state index contributed by atoms with van der Waals surface area (Å²) in [6, 6.07) is -0.785. The van der Waals surface area contributed by atoms with Gasteiger partial charge in [-0.25, -0.2) is 24.9 Å². The van der Waals surface area contributed by atoms with Gasteiger partial charge in [0.15, 0.2) is 11.4 Å². The first kappa shape index (κ1) is 56.3. The summed E-state index contributed by atoms with van der Waals surface area (Å²) in [5.41, 5.74) is -0.444. The maximum absolute atomic E-state index is 13.7. The van der Waals surface area contributed by atoms with Crippen molar-refractivity contribution in [3.63, 3.8) is 0 Å². The molecule has 5 aromatic rings. The number of allylic oxidation sites excluding steroid dienone is 1. The molecule has 8 bridgehead atoms. The normalized spacial score (nSPS) is 17.8. The van der Waals surface area contributed by atoms with Gasteiger partial charge in [0.2, 0.25) is 29.5 Å². The number of pyridine rings is 1. The van der Waals surface area contributed by atoms with Crippen LogP contribution in [-0.4, -0.2) is 112 Å². The minimum Gasteiger partial charge on any atom is -0.443 e. The molecule has 0 fully saturated rings. The fourth-order valence-corrected chi connectivity index (χ4v) is 7.43. The Morgan fingerprint density at radius 2 is 1.32 bits per heavy atom. The highest BCUT2D eigenvalue weighted by Crippen LogP contribution is 2.33. The Labute approximate surface area is 439 Å². The van der Waals surface area contributed by atoms with Crippen molar-refractivity contribution in [1.29, 1.82) is 0 Å². The van der Waals surface area contributed by atoms with Crippen LogP contribution < -0.4 is 48.3 Å². The monoisotopic (exact) mass is 1080 g/mol. The van der Waals surface area contributed by atoms with E-state index >= 15 is 0 Å². The van der Waals surface area contributed by atoms with Gasteiger partial charge in [-0.3, -0.25) is 43.2 Å². The number of rotatable bonds is 5. The van der Waals surface area contributed by atoms with Gasteiger partial charge in [-0.1, -0.05) is 39.0 Å². The van der Waals surface area contributed by atoms with E-state index in [0.717, 1.165) is 17.6 Å². The number of nitrogens with zero attached hydrogens (tertiary/aromatic N) is 5. The predicted molar refractivity (Wildman–Crippen MR) is 270 cm³/mol. The molecule has 77 heavy (non-hydrogen) atoms. The van der Waals surface area contributed by atoms with E-state index in [0.29, 0.717) is 0 Å². The van der Waals surface area contributed by atoms with Crippen LogP contribution in [0, 0.1) is 13.8 Å². The van der Waals surface area contributed by atoms with E-state index in [1.165, 1.54) is 65.1 Å². The summed E-state index contributed by atoms with van der Waals surface area (Å²) in [6.45, 7) is 25.8. The summed E-state index contributed by atoms with van der Waals surface area (Å²) in [6.07, 6.45) is 0.890. The van der Waals surface area contributed by atoms with Crippen LogP contribution >= 0.6 is 11.3 Å². The number of carbonyl (C=O) groups is 9. The largest absolute Gasteiger partial charge is 0.443 e. The van der Waals surface area contributed by atoms with Gasteiger partial charge in [-0.05, 0) is 53.7 Å². The zero-order chi connectivity index (χ0) is 57.0. The van der Waals surface area contributed by atoms with Crippen molar-refractivity contribution in [3.05, 3.63) is 132 Å². The second-order valence-electron chi connectivity index (χ2n) is 17.0. The third-order valence-electron chi connectivity index (χ3n) is 10.6. The van der Waals surface area contributed by atoms with Crippen LogP contribution in [0.25, 0.3) is 39.1 Å². The molecule has 400 valence electrons. The first-order chi connectivity index (χ1) is 36.1. The van der Waals surface area contributed by atoms with E-state index in [-0.39, 0.29) is 85.1 Å². The van der Waals surface area contributed by atoms with E-state index < -0.39 is 99.9 Å². The van der Waals surface area contributed by atoms with Gasteiger partial charge < -0.3 is 71.7 Å². The van der Waals surface area contributed by atoms with Crippen molar-refractivity contribution in [2.45, 2.75) is 65.3 Å². The number of hydrogen-bond donors (Lipinski definition) is 11. The van der Waals surface area contributed by atoms with Crippen LogP contribution in [-0.2, 0) is 24.0 Å². The molecule has 3 atom stereocenters. The molecule has 9 amide bonds. The van der Waals surface area contributed by atoms with Crippen molar-refractivity contribution in [1.82, 2.24) is 67.5 Å². The van der Waals surface area contributed by atoms with E-state index in [4.69, 9.17) is 19.0 Å². The van der Waals surface area contributed by atoms with Crippen LogP contribution in [0.2, 0.25) is 0 Å². The first-order valence-electron chi connectivity index (χ1n) is 22.3. The van der Waals surface area contributed by atoms with E-state index in [9.17, 15) is 53.4 Å². The average molecular weight is 1080 g/mol. The minimum atomic E-state index is -1.99. The number of nitrogens with one attached hydrogen (secondary N) is 8. The smallest absolute Gasteiger partial charge is 0.278 e. The average Bonchev–Trinajstić information content (AvgIpc) is 4.20. The zero-order valence-corrected chi connectivity index (χ0v) is 42.5. The lowest BCUT2D eigenvalue weighted by atomic mass is 9.97. The van der Waals surface area contributed by atoms with Crippen LogP contribution in [0.15, 0.2) is 93.1 Å². The van der Waals surface area contributed by atoms with Gasteiger partial charge in [-0.15, -0.1) is 11.3 Å². The van der Waals surface area contributed by atoms with Crippen molar-refractivity contribution in [2.75, 3.05) is 0 Å². The predicted octanol–water partition coefficient (Wildman–Crippen LogP) is 0.468. The third kappa shape index (κ3) is 12.9. The summed E-state index contributed by atoms with van der Waals surface area (Å²) >= 11 is 0.913. The molecule has 5 aromatic heterocycles. The Morgan fingerprint density at radius 3 is 1.92 bits per heavy atom. The highest BCUT2D eigenvalue weighted by Gasteiger charge is 2.37. The van der Waals surface area contributed by atoms with Gasteiger partial charge in [0.05, 0.1) is 45.9 Å². The van der Waals surface area contributed by atoms with Crippen LogP contribution in [0.5, 0.6) is 0 Å². The van der Waals surface area contributed by atoms with Crippen LogP contribution in [0.3, 0.4) is 0 Å². The molecule has 0 radical (unpaired) electrons. The lowest BCUT2D eigenvalue weighted by molar-refractivity contribution is -0.132. The molecule has 1 aliphatic heterocycles. The minimum absolute atomic E-state index is 0.0877. The van der Waals surface area contributed by atoms with Gasteiger partial charge in [0.1, 0.15) is 57.7 Å². The zero-order valence-electron chi connectivity index (χ0n) is 41.7. The molecule has 0 aliphatic carbocycles. The van der Waals surface area contributed by atoms with Crippen molar-refractivity contribution in [2.24, 2.45) is 5.73 Å².